The van der Waals surface area contributed by atoms with Crippen LogP contribution < -0.4 is 0 Å². The first kappa shape index (κ1) is 18.9. The van der Waals surface area contributed by atoms with Crippen LogP contribution in [-0.2, 0) is 6.54 Å². The highest BCUT2D eigenvalue weighted by Gasteiger charge is 2.08. The highest BCUT2D eigenvalue weighted by atomic mass is 35.5. The summed E-state index contributed by atoms with van der Waals surface area (Å²) < 4.78 is 0. The number of hydrogen-bond acceptors (Lipinski definition) is 2. The van der Waals surface area contributed by atoms with Gasteiger partial charge in [0.2, 0.25) is 0 Å². The zero-order valence-corrected chi connectivity index (χ0v) is 16.0. The molecule has 0 N–H and O–H groups in total. The molecule has 0 saturated carbocycles. The van der Waals surface area contributed by atoms with E-state index in [1.54, 1.807) is 0 Å². The molecule has 3 rings (SSSR count). The van der Waals surface area contributed by atoms with E-state index in [9.17, 15) is 0 Å². The predicted octanol–water partition coefficient (Wildman–Crippen LogP) is 5.88. The average Bonchev–Trinajstić information content (AvgIpc) is 2.70. The Balaban J connectivity index is 1.86. The second kappa shape index (κ2) is 9.19. The van der Waals surface area contributed by atoms with Gasteiger partial charge in [0, 0.05) is 18.1 Å². The molecule has 2 nitrogen and oxygen atoms in total. The SMILES string of the molecule is CN(C/C(=C\c1ccc(Cl)cc1)c1ccc(C#N)cc1)Cc1ccccc1. The van der Waals surface area contributed by atoms with Gasteiger partial charge < -0.3 is 0 Å². The third-order valence-electron chi connectivity index (χ3n) is 4.33. The molecular weight excluding hydrogens is 352 g/mol. The number of hydrogen-bond donors (Lipinski definition) is 0. The molecule has 0 aliphatic carbocycles. The third kappa shape index (κ3) is 5.56. The van der Waals surface area contributed by atoms with Crippen molar-refractivity contribution in [2.24, 2.45) is 0 Å². The molecule has 3 aromatic rings. The van der Waals surface area contributed by atoms with Crippen LogP contribution in [0.15, 0.2) is 78.9 Å². The highest BCUT2D eigenvalue weighted by Crippen LogP contribution is 2.22. The molecule has 0 fully saturated rings. The van der Waals surface area contributed by atoms with Gasteiger partial charge in [-0.05, 0) is 59.7 Å². The molecule has 0 saturated heterocycles. The summed E-state index contributed by atoms with van der Waals surface area (Å²) in [6, 6.07) is 28.2. The van der Waals surface area contributed by atoms with Gasteiger partial charge in [0.25, 0.3) is 0 Å². The van der Waals surface area contributed by atoms with Crippen molar-refractivity contribution in [1.82, 2.24) is 4.90 Å². The molecule has 0 radical (unpaired) electrons. The lowest BCUT2D eigenvalue weighted by atomic mass is 10.0. The Morgan fingerprint density at radius 1 is 0.963 bits per heavy atom. The number of likely N-dealkylation sites (N-methyl/N-ethyl adjacent to an activating group) is 1. The lowest BCUT2D eigenvalue weighted by Crippen LogP contribution is -2.20. The largest absolute Gasteiger partial charge is 0.298 e. The topological polar surface area (TPSA) is 27.0 Å². The number of nitriles is 1. The fraction of sp³-hybridized carbons (Fsp3) is 0.125. The van der Waals surface area contributed by atoms with Gasteiger partial charge in [-0.2, -0.15) is 5.26 Å². The number of rotatable bonds is 6. The van der Waals surface area contributed by atoms with Crippen molar-refractivity contribution in [1.29, 1.82) is 5.26 Å². The van der Waals surface area contributed by atoms with Gasteiger partial charge in [0.15, 0.2) is 0 Å². The van der Waals surface area contributed by atoms with E-state index in [0.717, 1.165) is 29.2 Å². The molecule has 0 spiro atoms. The van der Waals surface area contributed by atoms with E-state index < -0.39 is 0 Å². The Morgan fingerprint density at radius 3 is 2.26 bits per heavy atom. The monoisotopic (exact) mass is 372 g/mol. The van der Waals surface area contributed by atoms with Crippen molar-refractivity contribution < 1.29 is 0 Å². The van der Waals surface area contributed by atoms with Crippen LogP contribution in [0, 0.1) is 11.3 Å². The minimum absolute atomic E-state index is 0.669. The van der Waals surface area contributed by atoms with Crippen molar-refractivity contribution in [2.75, 3.05) is 13.6 Å². The summed E-state index contributed by atoms with van der Waals surface area (Å²) in [4.78, 5) is 2.29. The molecule has 0 aliphatic heterocycles. The number of benzene rings is 3. The third-order valence-corrected chi connectivity index (χ3v) is 4.58. The second-order valence-electron chi connectivity index (χ2n) is 6.57. The van der Waals surface area contributed by atoms with Gasteiger partial charge in [0.05, 0.1) is 11.6 Å². The summed E-state index contributed by atoms with van der Waals surface area (Å²) in [5, 5.41) is 9.78. The standard InChI is InChI=1S/C24H21ClN2/c1-27(17-21-5-3-2-4-6-21)18-23(15-19-9-13-24(25)14-10-19)22-11-7-20(16-26)8-12-22/h2-15H,17-18H2,1H3/b23-15+. The molecular formula is C24H21ClN2. The zero-order valence-electron chi connectivity index (χ0n) is 15.3. The Morgan fingerprint density at radius 2 is 1.63 bits per heavy atom. The van der Waals surface area contributed by atoms with Crippen LogP contribution in [0.3, 0.4) is 0 Å². The van der Waals surface area contributed by atoms with E-state index >= 15 is 0 Å². The quantitative estimate of drug-likeness (QED) is 0.505. The minimum atomic E-state index is 0.669. The second-order valence-corrected chi connectivity index (χ2v) is 7.00. The van der Waals surface area contributed by atoms with Crippen molar-refractivity contribution in [2.45, 2.75) is 6.54 Å². The zero-order chi connectivity index (χ0) is 19.1. The van der Waals surface area contributed by atoms with Gasteiger partial charge in [-0.25, -0.2) is 0 Å². The molecule has 27 heavy (non-hydrogen) atoms. The van der Waals surface area contributed by atoms with Gasteiger partial charge in [0.1, 0.15) is 0 Å². The Hall–Kier alpha value is -2.86. The Kier molecular flexibility index (Phi) is 6.44. The van der Waals surface area contributed by atoms with Gasteiger partial charge in [-0.1, -0.05) is 66.2 Å². The summed E-state index contributed by atoms with van der Waals surface area (Å²) >= 11 is 6.01. The number of halogens is 1. The summed E-state index contributed by atoms with van der Waals surface area (Å²) in [7, 11) is 2.12. The number of nitrogens with zero attached hydrogens (tertiary/aromatic N) is 2. The lowest BCUT2D eigenvalue weighted by molar-refractivity contribution is 0.369. The molecule has 134 valence electrons. The first-order chi connectivity index (χ1) is 13.1. The van der Waals surface area contributed by atoms with Gasteiger partial charge >= 0.3 is 0 Å². The molecule has 0 unspecified atom stereocenters. The normalized spacial score (nSPS) is 11.4. The predicted molar refractivity (Wildman–Crippen MR) is 113 cm³/mol. The van der Waals surface area contributed by atoms with Crippen molar-refractivity contribution >= 4 is 23.3 Å². The average molecular weight is 373 g/mol. The minimum Gasteiger partial charge on any atom is -0.298 e. The molecule has 0 aliphatic rings. The van der Waals surface area contributed by atoms with Crippen LogP contribution in [0.1, 0.15) is 22.3 Å². The first-order valence-corrected chi connectivity index (χ1v) is 9.21. The first-order valence-electron chi connectivity index (χ1n) is 8.83. The molecule has 3 aromatic carbocycles. The summed E-state index contributed by atoms with van der Waals surface area (Å²) in [5.74, 6) is 0. The van der Waals surface area contributed by atoms with Gasteiger partial charge in [-0.3, -0.25) is 4.90 Å². The van der Waals surface area contributed by atoms with E-state index in [0.29, 0.717) is 5.56 Å². The van der Waals surface area contributed by atoms with Crippen LogP contribution in [0.4, 0.5) is 0 Å². The summed E-state index contributed by atoms with van der Waals surface area (Å²) in [6.45, 7) is 1.67. The van der Waals surface area contributed by atoms with Gasteiger partial charge in [-0.15, -0.1) is 0 Å². The molecule has 0 aromatic heterocycles. The molecule has 0 bridgehead atoms. The molecule has 3 heteroatoms. The Bertz CT molecular complexity index is 936. The fourth-order valence-corrected chi connectivity index (χ4v) is 3.11. The highest BCUT2D eigenvalue weighted by molar-refractivity contribution is 6.30. The maximum atomic E-state index is 9.05. The lowest BCUT2D eigenvalue weighted by Gasteiger charge is -2.19. The maximum absolute atomic E-state index is 9.05. The molecule has 0 heterocycles. The fourth-order valence-electron chi connectivity index (χ4n) is 2.98. The van der Waals surface area contributed by atoms with E-state index in [-0.39, 0.29) is 0 Å². The molecule has 0 atom stereocenters. The smallest absolute Gasteiger partial charge is 0.0991 e. The van der Waals surface area contributed by atoms with Crippen LogP contribution >= 0.6 is 11.6 Å². The van der Waals surface area contributed by atoms with Crippen LogP contribution in [-0.4, -0.2) is 18.5 Å². The maximum Gasteiger partial charge on any atom is 0.0991 e. The summed E-state index contributed by atoms with van der Waals surface area (Å²) in [5.41, 5.74) is 5.36. The van der Waals surface area contributed by atoms with E-state index in [1.807, 2.05) is 54.6 Å². The van der Waals surface area contributed by atoms with Crippen LogP contribution in [0.2, 0.25) is 5.02 Å². The van der Waals surface area contributed by atoms with E-state index in [2.05, 4.69) is 48.4 Å². The van der Waals surface area contributed by atoms with E-state index in [1.165, 1.54) is 11.1 Å². The van der Waals surface area contributed by atoms with Crippen LogP contribution in [0.25, 0.3) is 11.6 Å². The molecule has 0 amide bonds. The van der Waals surface area contributed by atoms with Crippen LogP contribution in [0.5, 0.6) is 0 Å². The Labute approximate surface area is 166 Å². The van der Waals surface area contributed by atoms with Crippen molar-refractivity contribution in [3.63, 3.8) is 0 Å². The van der Waals surface area contributed by atoms with Crippen molar-refractivity contribution in [3.8, 4) is 6.07 Å². The van der Waals surface area contributed by atoms with Crippen molar-refractivity contribution in [3.05, 3.63) is 106 Å². The van der Waals surface area contributed by atoms with E-state index in [4.69, 9.17) is 16.9 Å². The summed E-state index contributed by atoms with van der Waals surface area (Å²) in [6.07, 6.45) is 2.18.